The van der Waals surface area contributed by atoms with Crippen molar-refractivity contribution in [2.45, 2.75) is 55.7 Å². The van der Waals surface area contributed by atoms with Crippen LogP contribution in [0.2, 0.25) is 0 Å². The van der Waals surface area contributed by atoms with Gasteiger partial charge >= 0.3 is 0 Å². The van der Waals surface area contributed by atoms with E-state index in [9.17, 15) is 13.2 Å². The molecule has 1 aromatic carbocycles. The molecule has 0 unspecified atom stereocenters. The van der Waals surface area contributed by atoms with Crippen molar-refractivity contribution in [2.24, 2.45) is 5.92 Å². The molecule has 2 aromatic heterocycles. The van der Waals surface area contributed by atoms with Crippen molar-refractivity contribution in [3.63, 3.8) is 0 Å². The first-order valence-electron chi connectivity index (χ1n) is 11.8. The number of nitrogens with zero attached hydrogens (tertiary/aromatic N) is 3. The Morgan fingerprint density at radius 2 is 2.03 bits per heavy atom. The van der Waals surface area contributed by atoms with Gasteiger partial charge in [-0.05, 0) is 49.3 Å². The standard InChI is InChI=1S/C24H28N4O4S2/c1-2-21-26-23(27-32-21)18-14-22(33-15-18)34(30,31)28-12-10-17(11-13-28)24(29)25-20-9-5-7-16-6-3-4-8-19(16)20/h3-4,6,8,14-15,17,20H,2,5,7,9-13H2,1H3,(H,25,29)/t20-/m1/s1. The molecule has 5 rings (SSSR count). The molecule has 0 saturated carbocycles. The summed E-state index contributed by atoms with van der Waals surface area (Å²) in [6.45, 7) is 2.58. The molecule has 1 atom stereocenters. The van der Waals surface area contributed by atoms with Crippen LogP contribution in [0.5, 0.6) is 0 Å². The summed E-state index contributed by atoms with van der Waals surface area (Å²) in [7, 11) is -3.63. The van der Waals surface area contributed by atoms with Crippen molar-refractivity contribution in [2.75, 3.05) is 13.1 Å². The Labute approximate surface area is 203 Å². The van der Waals surface area contributed by atoms with Crippen molar-refractivity contribution >= 4 is 27.3 Å². The molecule has 1 N–H and O–H groups in total. The van der Waals surface area contributed by atoms with Crippen molar-refractivity contribution in [3.05, 3.63) is 52.7 Å². The second-order valence-electron chi connectivity index (χ2n) is 8.85. The van der Waals surface area contributed by atoms with Crippen LogP contribution in [0.4, 0.5) is 0 Å². The molecule has 0 spiro atoms. The first kappa shape index (κ1) is 23.2. The van der Waals surface area contributed by atoms with Crippen molar-refractivity contribution in [1.29, 1.82) is 0 Å². The average Bonchev–Trinajstić information content (AvgIpc) is 3.54. The highest BCUT2D eigenvalue weighted by molar-refractivity contribution is 7.91. The average molecular weight is 501 g/mol. The number of piperidine rings is 1. The van der Waals surface area contributed by atoms with Gasteiger partial charge in [0.15, 0.2) is 0 Å². The number of rotatable bonds is 6. The van der Waals surface area contributed by atoms with Crippen LogP contribution >= 0.6 is 11.3 Å². The molecular weight excluding hydrogens is 472 g/mol. The zero-order valence-electron chi connectivity index (χ0n) is 19.1. The van der Waals surface area contributed by atoms with Gasteiger partial charge in [0.25, 0.3) is 10.0 Å². The van der Waals surface area contributed by atoms with E-state index in [2.05, 4.69) is 27.6 Å². The van der Waals surface area contributed by atoms with E-state index < -0.39 is 10.0 Å². The molecule has 1 amide bonds. The summed E-state index contributed by atoms with van der Waals surface area (Å²) in [5.41, 5.74) is 3.15. The van der Waals surface area contributed by atoms with Gasteiger partial charge in [0.1, 0.15) is 4.21 Å². The maximum Gasteiger partial charge on any atom is 0.252 e. The Morgan fingerprint density at radius 3 is 2.79 bits per heavy atom. The molecule has 1 aliphatic carbocycles. The van der Waals surface area contributed by atoms with Crippen LogP contribution in [0.15, 0.2) is 44.4 Å². The molecule has 1 saturated heterocycles. The van der Waals surface area contributed by atoms with E-state index in [0.29, 0.717) is 49.6 Å². The molecule has 3 aromatic rings. The van der Waals surface area contributed by atoms with E-state index in [1.807, 2.05) is 19.1 Å². The van der Waals surface area contributed by atoms with Gasteiger partial charge in [-0.25, -0.2) is 8.42 Å². The van der Waals surface area contributed by atoms with Gasteiger partial charge in [-0.15, -0.1) is 11.3 Å². The predicted molar refractivity (Wildman–Crippen MR) is 129 cm³/mol. The number of carbonyl (C=O) groups is 1. The fourth-order valence-electron chi connectivity index (χ4n) is 4.76. The molecule has 180 valence electrons. The van der Waals surface area contributed by atoms with E-state index in [-0.39, 0.29) is 22.1 Å². The van der Waals surface area contributed by atoms with E-state index in [1.54, 1.807) is 11.4 Å². The molecule has 1 fully saturated rings. The number of hydrogen-bond donors (Lipinski definition) is 1. The Balaban J connectivity index is 1.21. The smallest absolute Gasteiger partial charge is 0.252 e. The highest BCUT2D eigenvalue weighted by Crippen LogP contribution is 2.33. The van der Waals surface area contributed by atoms with Gasteiger partial charge in [-0.3, -0.25) is 4.79 Å². The highest BCUT2D eigenvalue weighted by atomic mass is 32.2. The minimum atomic E-state index is -3.63. The molecule has 8 nitrogen and oxygen atoms in total. The number of amides is 1. The largest absolute Gasteiger partial charge is 0.349 e. The molecule has 0 bridgehead atoms. The number of fused-ring (bicyclic) bond motifs is 1. The number of carbonyl (C=O) groups excluding carboxylic acids is 1. The lowest BCUT2D eigenvalue weighted by Gasteiger charge is -2.32. The second kappa shape index (κ2) is 9.59. The molecule has 2 aliphatic rings. The highest BCUT2D eigenvalue weighted by Gasteiger charge is 2.34. The van der Waals surface area contributed by atoms with E-state index in [4.69, 9.17) is 4.52 Å². The zero-order valence-corrected chi connectivity index (χ0v) is 20.7. The summed E-state index contributed by atoms with van der Waals surface area (Å²) in [5.74, 6) is 0.768. The van der Waals surface area contributed by atoms with Gasteiger partial charge in [0.05, 0.1) is 6.04 Å². The van der Waals surface area contributed by atoms with E-state index in [0.717, 1.165) is 30.6 Å². The Kier molecular flexibility index (Phi) is 6.54. The van der Waals surface area contributed by atoms with Gasteiger partial charge in [0, 0.05) is 36.4 Å². The first-order valence-corrected chi connectivity index (χ1v) is 14.1. The van der Waals surface area contributed by atoms with Crippen molar-refractivity contribution < 1.29 is 17.7 Å². The van der Waals surface area contributed by atoms with E-state index >= 15 is 0 Å². The summed E-state index contributed by atoms with van der Waals surface area (Å²) >= 11 is 1.16. The number of aryl methyl sites for hydroxylation is 2. The third-order valence-corrected chi connectivity index (χ3v) is 10.0. The lowest BCUT2D eigenvalue weighted by Crippen LogP contribution is -2.43. The van der Waals surface area contributed by atoms with Crippen LogP contribution in [-0.4, -0.2) is 41.9 Å². The zero-order chi connectivity index (χ0) is 23.7. The third-order valence-electron chi connectivity index (χ3n) is 6.71. The lowest BCUT2D eigenvalue weighted by molar-refractivity contribution is -0.127. The molecule has 0 radical (unpaired) electrons. The van der Waals surface area contributed by atoms with Crippen LogP contribution < -0.4 is 5.32 Å². The van der Waals surface area contributed by atoms with Crippen LogP contribution in [0.25, 0.3) is 11.4 Å². The normalized spacial score (nSPS) is 19.6. The molecule has 34 heavy (non-hydrogen) atoms. The summed E-state index contributed by atoms with van der Waals surface area (Å²) in [5, 5.41) is 8.89. The number of sulfonamides is 1. The molecule has 1 aliphatic heterocycles. The quantitative estimate of drug-likeness (QED) is 0.549. The Hall–Kier alpha value is -2.56. The van der Waals surface area contributed by atoms with Crippen LogP contribution in [0, 0.1) is 5.92 Å². The van der Waals surface area contributed by atoms with E-state index in [1.165, 1.54) is 15.4 Å². The number of aromatic nitrogens is 2. The van der Waals surface area contributed by atoms with Crippen molar-refractivity contribution in [1.82, 2.24) is 19.8 Å². The van der Waals surface area contributed by atoms with Crippen LogP contribution in [-0.2, 0) is 27.7 Å². The molecule has 3 heterocycles. The molecular formula is C24H28N4O4S2. The van der Waals surface area contributed by atoms with Crippen LogP contribution in [0.3, 0.4) is 0 Å². The molecule has 10 heteroatoms. The Morgan fingerprint density at radius 1 is 1.24 bits per heavy atom. The first-order chi connectivity index (χ1) is 16.5. The fourth-order valence-corrected chi connectivity index (χ4v) is 7.54. The SMILES string of the molecule is CCc1nc(-c2csc(S(=O)(=O)N3CCC(C(=O)N[C@@H]4CCCc5ccccc54)CC3)c2)no1. The fraction of sp³-hybridized carbons (Fsp3) is 0.458. The summed E-state index contributed by atoms with van der Waals surface area (Å²) in [6.07, 6.45) is 4.71. The van der Waals surface area contributed by atoms with Crippen LogP contribution in [0.1, 0.15) is 55.7 Å². The van der Waals surface area contributed by atoms with Gasteiger partial charge in [-0.1, -0.05) is 36.3 Å². The minimum absolute atomic E-state index is 0.0287. The van der Waals surface area contributed by atoms with Gasteiger partial charge in [0.2, 0.25) is 17.6 Å². The second-order valence-corrected chi connectivity index (χ2v) is 11.9. The number of thiophene rings is 1. The summed E-state index contributed by atoms with van der Waals surface area (Å²) in [4.78, 5) is 17.3. The number of benzene rings is 1. The monoisotopic (exact) mass is 500 g/mol. The number of hydrogen-bond acceptors (Lipinski definition) is 7. The topological polar surface area (TPSA) is 105 Å². The maximum atomic E-state index is 13.2. The minimum Gasteiger partial charge on any atom is -0.349 e. The summed E-state index contributed by atoms with van der Waals surface area (Å²) in [6, 6.07) is 9.94. The summed E-state index contributed by atoms with van der Waals surface area (Å²) < 4.78 is 33.3. The predicted octanol–water partition coefficient (Wildman–Crippen LogP) is 3.96. The lowest BCUT2D eigenvalue weighted by atomic mass is 9.87. The number of nitrogens with one attached hydrogen (secondary N) is 1. The van der Waals surface area contributed by atoms with Crippen molar-refractivity contribution in [3.8, 4) is 11.4 Å². The Bertz CT molecular complexity index is 1280. The maximum absolute atomic E-state index is 13.2. The van der Waals surface area contributed by atoms with Gasteiger partial charge < -0.3 is 9.84 Å². The third kappa shape index (κ3) is 4.54. The van der Waals surface area contributed by atoms with Gasteiger partial charge in [-0.2, -0.15) is 9.29 Å².